The van der Waals surface area contributed by atoms with Crippen molar-refractivity contribution in [1.29, 1.82) is 0 Å². The molecule has 1 aromatic carbocycles. The predicted molar refractivity (Wildman–Crippen MR) is 59.3 cm³/mol. The van der Waals surface area contributed by atoms with Crippen LogP contribution in [-0.2, 0) is 0 Å². The van der Waals surface area contributed by atoms with Gasteiger partial charge in [-0.25, -0.2) is 0 Å². The Morgan fingerprint density at radius 3 is 2.64 bits per heavy atom. The number of rotatable bonds is 1. The molecule has 0 bridgehead atoms. The third-order valence-electron chi connectivity index (χ3n) is 3.08. The van der Waals surface area contributed by atoms with Crippen LogP contribution in [0.4, 0.5) is 0 Å². The van der Waals surface area contributed by atoms with Crippen molar-refractivity contribution in [3.8, 4) is 0 Å². The van der Waals surface area contributed by atoms with Crippen LogP contribution in [0.2, 0.25) is 0 Å². The van der Waals surface area contributed by atoms with Crippen molar-refractivity contribution in [3.05, 3.63) is 35.9 Å². The van der Waals surface area contributed by atoms with Crippen molar-refractivity contribution in [2.45, 2.75) is 19.0 Å². The van der Waals surface area contributed by atoms with E-state index in [9.17, 15) is 0 Å². The van der Waals surface area contributed by atoms with Gasteiger partial charge >= 0.3 is 0 Å². The molecule has 1 saturated heterocycles. The third-order valence-corrected chi connectivity index (χ3v) is 3.08. The summed E-state index contributed by atoms with van der Waals surface area (Å²) < 4.78 is 0. The minimum Gasteiger partial charge on any atom is -0.307 e. The molecule has 76 valence electrons. The summed E-state index contributed by atoms with van der Waals surface area (Å²) in [5.41, 5.74) is 1.39. The highest BCUT2D eigenvalue weighted by atomic mass is 15.2. The van der Waals surface area contributed by atoms with Crippen molar-refractivity contribution in [2.75, 3.05) is 20.1 Å². The molecule has 1 heterocycles. The monoisotopic (exact) mass is 190 g/mol. The third kappa shape index (κ3) is 1.97. The molecule has 1 aliphatic heterocycles. The number of benzene rings is 1. The maximum atomic E-state index is 3.57. The molecule has 0 spiro atoms. The minimum atomic E-state index is 0.498. The first-order chi connectivity index (χ1) is 6.77. The lowest BCUT2D eigenvalue weighted by Crippen LogP contribution is -2.49. The molecule has 0 radical (unpaired) electrons. The highest BCUT2D eigenvalue weighted by molar-refractivity contribution is 5.19. The fourth-order valence-corrected chi connectivity index (χ4v) is 1.91. The van der Waals surface area contributed by atoms with Gasteiger partial charge in [-0.05, 0) is 19.5 Å². The van der Waals surface area contributed by atoms with Crippen LogP contribution >= 0.6 is 0 Å². The summed E-state index contributed by atoms with van der Waals surface area (Å²) in [5.74, 6) is 0. The van der Waals surface area contributed by atoms with Crippen LogP contribution < -0.4 is 5.32 Å². The van der Waals surface area contributed by atoms with Gasteiger partial charge in [0.05, 0.1) is 0 Å². The largest absolute Gasteiger partial charge is 0.307 e. The number of hydrogen-bond acceptors (Lipinski definition) is 2. The van der Waals surface area contributed by atoms with Gasteiger partial charge in [-0.2, -0.15) is 0 Å². The Morgan fingerprint density at radius 1 is 1.29 bits per heavy atom. The Balaban J connectivity index is 2.07. The molecule has 2 atom stereocenters. The van der Waals surface area contributed by atoms with Crippen molar-refractivity contribution in [2.24, 2.45) is 0 Å². The standard InChI is InChI=1S/C12H18N2/c1-10-8-13-12(9-14(10)2)11-6-4-3-5-7-11/h3-7,10,12-13H,8-9H2,1-2H3/t10-,12?/m1/s1. The van der Waals surface area contributed by atoms with Gasteiger partial charge in [0.25, 0.3) is 0 Å². The molecule has 0 aromatic heterocycles. The molecule has 1 aromatic rings. The molecule has 0 saturated carbocycles. The smallest absolute Gasteiger partial charge is 0.0449 e. The van der Waals surface area contributed by atoms with Gasteiger partial charge in [0, 0.05) is 25.2 Å². The lowest BCUT2D eigenvalue weighted by atomic mass is 10.0. The van der Waals surface area contributed by atoms with Crippen LogP contribution in [-0.4, -0.2) is 31.1 Å². The van der Waals surface area contributed by atoms with Crippen molar-refractivity contribution < 1.29 is 0 Å². The molecule has 1 N–H and O–H groups in total. The van der Waals surface area contributed by atoms with Crippen LogP contribution in [0.25, 0.3) is 0 Å². The van der Waals surface area contributed by atoms with Crippen LogP contribution in [0.3, 0.4) is 0 Å². The van der Waals surface area contributed by atoms with Crippen LogP contribution in [0, 0.1) is 0 Å². The van der Waals surface area contributed by atoms with E-state index in [1.54, 1.807) is 0 Å². The lowest BCUT2D eigenvalue weighted by Gasteiger charge is -2.36. The Hall–Kier alpha value is -0.860. The number of likely N-dealkylation sites (N-methyl/N-ethyl adjacent to an activating group) is 1. The second-order valence-electron chi connectivity index (χ2n) is 4.16. The topological polar surface area (TPSA) is 15.3 Å². The maximum Gasteiger partial charge on any atom is 0.0449 e. The quantitative estimate of drug-likeness (QED) is 0.724. The number of hydrogen-bond donors (Lipinski definition) is 1. The first-order valence-electron chi connectivity index (χ1n) is 5.26. The first kappa shape index (κ1) is 9.69. The summed E-state index contributed by atoms with van der Waals surface area (Å²) in [5, 5.41) is 3.57. The molecule has 0 amide bonds. The second kappa shape index (κ2) is 4.11. The predicted octanol–water partition coefficient (Wildman–Crippen LogP) is 1.65. The Kier molecular flexibility index (Phi) is 2.85. The molecule has 1 unspecified atom stereocenters. The van der Waals surface area contributed by atoms with E-state index in [-0.39, 0.29) is 0 Å². The zero-order chi connectivity index (χ0) is 9.97. The molecule has 14 heavy (non-hydrogen) atoms. The number of nitrogens with zero attached hydrogens (tertiary/aromatic N) is 1. The summed E-state index contributed by atoms with van der Waals surface area (Å²) in [6.07, 6.45) is 0. The van der Waals surface area contributed by atoms with Crippen LogP contribution in [0.5, 0.6) is 0 Å². The molecular formula is C12H18N2. The first-order valence-corrected chi connectivity index (χ1v) is 5.26. The van der Waals surface area contributed by atoms with Crippen molar-refractivity contribution >= 4 is 0 Å². The van der Waals surface area contributed by atoms with E-state index in [4.69, 9.17) is 0 Å². The van der Waals surface area contributed by atoms with Gasteiger partial charge in [-0.1, -0.05) is 30.3 Å². The Labute approximate surface area is 85.9 Å². The average molecular weight is 190 g/mol. The summed E-state index contributed by atoms with van der Waals surface area (Å²) in [6, 6.07) is 11.8. The van der Waals surface area contributed by atoms with Gasteiger partial charge in [0.15, 0.2) is 0 Å². The van der Waals surface area contributed by atoms with E-state index in [1.807, 2.05) is 0 Å². The Morgan fingerprint density at radius 2 is 2.00 bits per heavy atom. The van der Waals surface area contributed by atoms with Gasteiger partial charge in [0.2, 0.25) is 0 Å². The van der Waals surface area contributed by atoms with E-state index in [1.165, 1.54) is 5.56 Å². The molecular weight excluding hydrogens is 172 g/mol. The lowest BCUT2D eigenvalue weighted by molar-refractivity contribution is 0.176. The van der Waals surface area contributed by atoms with Gasteiger partial charge in [-0.3, -0.25) is 0 Å². The van der Waals surface area contributed by atoms with Crippen LogP contribution in [0.15, 0.2) is 30.3 Å². The minimum absolute atomic E-state index is 0.498. The molecule has 0 aliphatic carbocycles. The molecule has 2 rings (SSSR count). The average Bonchev–Trinajstić information content (AvgIpc) is 2.23. The number of piperazine rings is 1. The maximum absolute atomic E-state index is 3.57. The van der Waals surface area contributed by atoms with E-state index in [0.29, 0.717) is 12.1 Å². The fourth-order valence-electron chi connectivity index (χ4n) is 1.91. The van der Waals surface area contributed by atoms with E-state index in [2.05, 4.69) is 54.5 Å². The second-order valence-corrected chi connectivity index (χ2v) is 4.16. The zero-order valence-electron chi connectivity index (χ0n) is 8.90. The molecule has 2 nitrogen and oxygen atoms in total. The Bertz CT molecular complexity index is 284. The van der Waals surface area contributed by atoms with E-state index >= 15 is 0 Å². The summed E-state index contributed by atoms with van der Waals surface area (Å²) >= 11 is 0. The summed E-state index contributed by atoms with van der Waals surface area (Å²) in [6.45, 7) is 4.44. The zero-order valence-corrected chi connectivity index (χ0v) is 8.90. The normalized spacial score (nSPS) is 29.0. The van der Waals surface area contributed by atoms with Crippen molar-refractivity contribution in [3.63, 3.8) is 0 Å². The van der Waals surface area contributed by atoms with Gasteiger partial charge in [0.1, 0.15) is 0 Å². The molecule has 2 heteroatoms. The van der Waals surface area contributed by atoms with E-state index in [0.717, 1.165) is 13.1 Å². The van der Waals surface area contributed by atoms with Crippen LogP contribution in [0.1, 0.15) is 18.5 Å². The summed E-state index contributed by atoms with van der Waals surface area (Å²) in [4.78, 5) is 2.41. The molecule has 1 aliphatic rings. The number of nitrogens with one attached hydrogen (secondary N) is 1. The fraction of sp³-hybridized carbons (Fsp3) is 0.500. The highest BCUT2D eigenvalue weighted by Gasteiger charge is 2.22. The SMILES string of the molecule is C[C@@H]1CNC(c2ccccc2)CN1C. The molecule has 1 fully saturated rings. The summed E-state index contributed by atoms with van der Waals surface area (Å²) in [7, 11) is 2.20. The highest BCUT2D eigenvalue weighted by Crippen LogP contribution is 2.17. The van der Waals surface area contributed by atoms with E-state index < -0.39 is 0 Å². The van der Waals surface area contributed by atoms with Crippen molar-refractivity contribution in [1.82, 2.24) is 10.2 Å². The van der Waals surface area contributed by atoms with Gasteiger partial charge in [-0.15, -0.1) is 0 Å². The van der Waals surface area contributed by atoms with Gasteiger partial charge < -0.3 is 10.2 Å².